The number of carbonyl (C=O) groups is 1. The lowest BCUT2D eigenvalue weighted by Gasteiger charge is -2.18. The molecule has 0 aromatic heterocycles. The van der Waals surface area contributed by atoms with Crippen LogP contribution in [0.1, 0.15) is 27.2 Å². The summed E-state index contributed by atoms with van der Waals surface area (Å²) in [5, 5.41) is 9.29. The Hall–Kier alpha value is -1.76. The SMILES string of the molecule is CN=C(NCCCSc1ccc(F)cc1)NCCNC(=O)C(C)(C)C. The zero-order valence-corrected chi connectivity index (χ0v) is 16.3. The Morgan fingerprint density at radius 1 is 1.08 bits per heavy atom. The van der Waals surface area contributed by atoms with Gasteiger partial charge in [0.2, 0.25) is 5.91 Å². The van der Waals surface area contributed by atoms with Crippen molar-refractivity contribution in [3.63, 3.8) is 0 Å². The molecular weight excluding hydrogens is 339 g/mol. The van der Waals surface area contributed by atoms with E-state index in [1.165, 1.54) is 12.1 Å². The summed E-state index contributed by atoms with van der Waals surface area (Å²) in [4.78, 5) is 17.0. The van der Waals surface area contributed by atoms with Crippen LogP contribution in [0.25, 0.3) is 0 Å². The Bertz CT molecular complexity index is 555. The second-order valence-corrected chi connectivity index (χ2v) is 7.76. The highest BCUT2D eigenvalue weighted by atomic mass is 32.2. The molecule has 0 radical (unpaired) electrons. The van der Waals surface area contributed by atoms with Crippen LogP contribution in [0.2, 0.25) is 0 Å². The molecule has 0 aliphatic carbocycles. The molecule has 1 rings (SSSR count). The first kappa shape index (κ1) is 21.3. The average molecular weight is 369 g/mol. The average Bonchev–Trinajstić information content (AvgIpc) is 2.57. The molecule has 0 fully saturated rings. The minimum Gasteiger partial charge on any atom is -0.356 e. The third-order valence-electron chi connectivity index (χ3n) is 3.30. The molecule has 1 aromatic rings. The molecular formula is C18H29FN4OS. The molecule has 7 heteroatoms. The van der Waals surface area contributed by atoms with Crippen LogP contribution in [0.15, 0.2) is 34.2 Å². The molecule has 0 saturated heterocycles. The highest BCUT2D eigenvalue weighted by Crippen LogP contribution is 2.18. The number of benzene rings is 1. The number of halogens is 1. The Kier molecular flexibility index (Phi) is 9.34. The van der Waals surface area contributed by atoms with Gasteiger partial charge < -0.3 is 16.0 Å². The summed E-state index contributed by atoms with van der Waals surface area (Å²) < 4.78 is 12.8. The van der Waals surface area contributed by atoms with E-state index in [0.29, 0.717) is 13.1 Å². The van der Waals surface area contributed by atoms with E-state index >= 15 is 0 Å². The molecule has 140 valence electrons. The van der Waals surface area contributed by atoms with Gasteiger partial charge in [0.1, 0.15) is 5.82 Å². The van der Waals surface area contributed by atoms with E-state index in [1.54, 1.807) is 30.9 Å². The number of hydrogen-bond donors (Lipinski definition) is 3. The van der Waals surface area contributed by atoms with Crippen molar-refractivity contribution in [3.05, 3.63) is 30.1 Å². The molecule has 1 amide bonds. The van der Waals surface area contributed by atoms with E-state index in [9.17, 15) is 9.18 Å². The standard InChI is InChI=1S/C18H29FN4OS/c1-18(2,3)16(24)21-11-12-23-17(20-4)22-10-5-13-25-15-8-6-14(19)7-9-15/h6-9H,5,10-13H2,1-4H3,(H,21,24)(H2,20,22,23). The Labute approximate surface area is 154 Å². The lowest BCUT2D eigenvalue weighted by Crippen LogP contribution is -2.43. The quantitative estimate of drug-likeness (QED) is 0.286. The molecule has 0 heterocycles. The van der Waals surface area contributed by atoms with Gasteiger partial charge in [-0.1, -0.05) is 20.8 Å². The van der Waals surface area contributed by atoms with Gasteiger partial charge in [-0.2, -0.15) is 0 Å². The van der Waals surface area contributed by atoms with Crippen molar-refractivity contribution in [1.82, 2.24) is 16.0 Å². The fourth-order valence-corrected chi connectivity index (χ4v) is 2.70. The van der Waals surface area contributed by atoms with Gasteiger partial charge in [0.15, 0.2) is 5.96 Å². The first-order chi connectivity index (χ1) is 11.8. The molecule has 25 heavy (non-hydrogen) atoms. The number of carbonyl (C=O) groups excluding carboxylic acids is 1. The maximum atomic E-state index is 12.8. The lowest BCUT2D eigenvalue weighted by atomic mass is 9.96. The Morgan fingerprint density at radius 3 is 2.28 bits per heavy atom. The van der Waals surface area contributed by atoms with Crippen molar-refractivity contribution in [1.29, 1.82) is 0 Å². The van der Waals surface area contributed by atoms with Crippen molar-refractivity contribution in [2.75, 3.05) is 32.4 Å². The number of amides is 1. The van der Waals surface area contributed by atoms with Crippen LogP contribution in [-0.2, 0) is 4.79 Å². The molecule has 0 bridgehead atoms. The maximum absolute atomic E-state index is 12.8. The molecule has 0 aliphatic rings. The van der Waals surface area contributed by atoms with Crippen molar-refractivity contribution in [2.24, 2.45) is 10.4 Å². The van der Waals surface area contributed by atoms with Gasteiger partial charge in [-0.25, -0.2) is 4.39 Å². The second kappa shape index (κ2) is 11.0. The summed E-state index contributed by atoms with van der Waals surface area (Å²) in [5.74, 6) is 1.49. The van der Waals surface area contributed by atoms with Crippen LogP contribution >= 0.6 is 11.8 Å². The van der Waals surface area contributed by atoms with Gasteiger partial charge in [-0.3, -0.25) is 9.79 Å². The smallest absolute Gasteiger partial charge is 0.225 e. The first-order valence-corrected chi connectivity index (χ1v) is 9.42. The van der Waals surface area contributed by atoms with Gasteiger partial charge in [0.05, 0.1) is 0 Å². The molecule has 0 atom stereocenters. The van der Waals surface area contributed by atoms with E-state index in [0.717, 1.165) is 29.6 Å². The van der Waals surface area contributed by atoms with Gasteiger partial charge >= 0.3 is 0 Å². The summed E-state index contributed by atoms with van der Waals surface area (Å²) in [6.07, 6.45) is 0.962. The van der Waals surface area contributed by atoms with E-state index in [2.05, 4.69) is 20.9 Å². The molecule has 0 saturated carbocycles. The van der Waals surface area contributed by atoms with Crippen LogP contribution in [0.3, 0.4) is 0 Å². The molecule has 0 spiro atoms. The van der Waals surface area contributed by atoms with Crippen molar-refractivity contribution >= 4 is 23.6 Å². The van der Waals surface area contributed by atoms with Crippen LogP contribution in [0.4, 0.5) is 4.39 Å². The van der Waals surface area contributed by atoms with Gasteiger partial charge in [0, 0.05) is 37.0 Å². The van der Waals surface area contributed by atoms with Crippen LogP contribution < -0.4 is 16.0 Å². The number of thioether (sulfide) groups is 1. The summed E-state index contributed by atoms with van der Waals surface area (Å²) in [7, 11) is 1.72. The summed E-state index contributed by atoms with van der Waals surface area (Å²) in [5.41, 5.74) is -0.373. The second-order valence-electron chi connectivity index (χ2n) is 6.59. The predicted octanol–water partition coefficient (Wildman–Crippen LogP) is 2.64. The summed E-state index contributed by atoms with van der Waals surface area (Å²) in [6.45, 7) is 7.63. The monoisotopic (exact) mass is 368 g/mol. The Morgan fingerprint density at radius 2 is 1.68 bits per heavy atom. The number of hydrogen-bond acceptors (Lipinski definition) is 3. The third-order valence-corrected chi connectivity index (χ3v) is 4.40. The summed E-state index contributed by atoms with van der Waals surface area (Å²) in [6, 6.07) is 6.54. The van der Waals surface area contributed by atoms with Crippen molar-refractivity contribution in [3.8, 4) is 0 Å². The highest BCUT2D eigenvalue weighted by Gasteiger charge is 2.20. The molecule has 1 aromatic carbocycles. The largest absolute Gasteiger partial charge is 0.356 e. The fraction of sp³-hybridized carbons (Fsp3) is 0.556. The van der Waals surface area contributed by atoms with Crippen molar-refractivity contribution in [2.45, 2.75) is 32.1 Å². The van der Waals surface area contributed by atoms with E-state index in [-0.39, 0.29) is 17.1 Å². The van der Waals surface area contributed by atoms with Gasteiger partial charge in [-0.15, -0.1) is 11.8 Å². The predicted molar refractivity (Wildman–Crippen MR) is 104 cm³/mol. The zero-order valence-electron chi connectivity index (χ0n) is 15.5. The van der Waals surface area contributed by atoms with Crippen molar-refractivity contribution < 1.29 is 9.18 Å². The normalized spacial score (nSPS) is 12.0. The fourth-order valence-electron chi connectivity index (χ4n) is 1.84. The lowest BCUT2D eigenvalue weighted by molar-refractivity contribution is -0.128. The van der Waals surface area contributed by atoms with Crippen LogP contribution in [0.5, 0.6) is 0 Å². The zero-order chi connectivity index (χ0) is 18.7. The Balaban J connectivity index is 2.12. The minimum atomic E-state index is -0.373. The number of nitrogens with zero attached hydrogens (tertiary/aromatic N) is 1. The third kappa shape index (κ3) is 9.34. The summed E-state index contributed by atoms with van der Waals surface area (Å²) >= 11 is 1.70. The number of aliphatic imine (C=N–C) groups is 1. The number of rotatable bonds is 8. The number of guanidine groups is 1. The van der Waals surface area contributed by atoms with E-state index < -0.39 is 0 Å². The van der Waals surface area contributed by atoms with E-state index in [4.69, 9.17) is 0 Å². The van der Waals surface area contributed by atoms with Gasteiger partial charge in [-0.05, 0) is 36.4 Å². The highest BCUT2D eigenvalue weighted by molar-refractivity contribution is 7.99. The van der Waals surface area contributed by atoms with Crippen LogP contribution in [-0.4, -0.2) is 44.3 Å². The molecule has 5 nitrogen and oxygen atoms in total. The molecule has 0 aliphatic heterocycles. The minimum absolute atomic E-state index is 0.0371. The van der Waals surface area contributed by atoms with Gasteiger partial charge in [0.25, 0.3) is 0 Å². The van der Waals surface area contributed by atoms with E-state index in [1.807, 2.05) is 20.8 Å². The topological polar surface area (TPSA) is 65.5 Å². The molecule has 3 N–H and O–H groups in total. The molecule has 0 unspecified atom stereocenters. The first-order valence-electron chi connectivity index (χ1n) is 8.44. The van der Waals surface area contributed by atoms with Crippen LogP contribution in [0, 0.1) is 11.2 Å². The maximum Gasteiger partial charge on any atom is 0.225 e. The number of nitrogens with one attached hydrogen (secondary N) is 3.